The van der Waals surface area contributed by atoms with Crippen LogP contribution in [0.2, 0.25) is 0 Å². The van der Waals surface area contributed by atoms with Gasteiger partial charge >= 0.3 is 5.97 Å². The highest BCUT2D eigenvalue weighted by molar-refractivity contribution is 5.65. The van der Waals surface area contributed by atoms with Crippen LogP contribution in [0.4, 0.5) is 0 Å². The summed E-state index contributed by atoms with van der Waals surface area (Å²) in [6, 6.07) is 7.06. The van der Waals surface area contributed by atoms with Crippen molar-refractivity contribution in [3.63, 3.8) is 0 Å². The number of esters is 1. The van der Waals surface area contributed by atoms with Gasteiger partial charge in [0.25, 0.3) is 0 Å². The Morgan fingerprint density at radius 2 is 1.77 bits per heavy atom. The lowest BCUT2D eigenvalue weighted by atomic mass is 10.1. The first kappa shape index (κ1) is 9.74. The molecule has 0 amide bonds. The number of carbonyl (C=O) groups is 1. The van der Waals surface area contributed by atoms with Gasteiger partial charge in [0.15, 0.2) is 0 Å². The molecule has 0 saturated carbocycles. The molecule has 0 unspecified atom stereocenters. The number of hydrogen-bond donors (Lipinski definition) is 0. The average molecular weight is 179 g/mol. The van der Waals surface area contributed by atoms with Gasteiger partial charge in [0.1, 0.15) is 13.2 Å². The van der Waals surface area contributed by atoms with E-state index in [1.54, 1.807) is 24.3 Å². The van der Waals surface area contributed by atoms with Crippen molar-refractivity contribution in [1.29, 1.82) is 0 Å². The largest absolute Gasteiger partial charge is 0.461 e. The molecule has 1 rings (SSSR count). The SMILES string of the molecule is CC(=O)OCc1ccc(C[O])cc1. The summed E-state index contributed by atoms with van der Waals surface area (Å²) in [7, 11) is 0. The molecule has 3 nitrogen and oxygen atoms in total. The topological polar surface area (TPSA) is 46.2 Å². The highest BCUT2D eigenvalue weighted by atomic mass is 16.5. The zero-order valence-electron chi connectivity index (χ0n) is 7.45. The Morgan fingerprint density at radius 1 is 1.23 bits per heavy atom. The number of benzene rings is 1. The van der Waals surface area contributed by atoms with Gasteiger partial charge in [-0.1, -0.05) is 24.3 Å². The lowest BCUT2D eigenvalue weighted by molar-refractivity contribution is -0.142. The molecular formula is C10H11O3. The predicted molar refractivity (Wildman–Crippen MR) is 46.3 cm³/mol. The monoisotopic (exact) mass is 179 g/mol. The molecule has 0 spiro atoms. The van der Waals surface area contributed by atoms with Crippen LogP contribution in [0.25, 0.3) is 0 Å². The van der Waals surface area contributed by atoms with Crippen molar-refractivity contribution < 1.29 is 14.6 Å². The average Bonchev–Trinajstić information content (AvgIpc) is 2.15. The number of carbonyl (C=O) groups excluding carboxylic acids is 1. The Bertz CT molecular complexity index is 277. The minimum absolute atomic E-state index is 0.214. The van der Waals surface area contributed by atoms with Crippen LogP contribution in [0.5, 0.6) is 0 Å². The molecule has 0 atom stereocenters. The molecule has 0 saturated heterocycles. The minimum Gasteiger partial charge on any atom is -0.461 e. The lowest BCUT2D eigenvalue weighted by Gasteiger charge is -2.02. The molecule has 0 bridgehead atoms. The van der Waals surface area contributed by atoms with Crippen molar-refractivity contribution in [2.24, 2.45) is 0 Å². The van der Waals surface area contributed by atoms with E-state index in [4.69, 9.17) is 4.74 Å². The van der Waals surface area contributed by atoms with Gasteiger partial charge in [-0.2, -0.15) is 0 Å². The highest BCUT2D eigenvalue weighted by Crippen LogP contribution is 2.05. The molecular weight excluding hydrogens is 168 g/mol. The minimum atomic E-state index is -0.298. The Kier molecular flexibility index (Phi) is 3.46. The van der Waals surface area contributed by atoms with E-state index in [2.05, 4.69) is 0 Å². The van der Waals surface area contributed by atoms with Gasteiger partial charge in [-0.25, -0.2) is 5.11 Å². The fourth-order valence-electron chi connectivity index (χ4n) is 0.917. The summed E-state index contributed by atoms with van der Waals surface area (Å²) in [5, 5.41) is 10.4. The van der Waals surface area contributed by atoms with Crippen molar-refractivity contribution in [1.82, 2.24) is 0 Å². The van der Waals surface area contributed by atoms with E-state index >= 15 is 0 Å². The molecule has 0 aliphatic heterocycles. The van der Waals surface area contributed by atoms with E-state index < -0.39 is 0 Å². The Balaban J connectivity index is 2.54. The Hall–Kier alpha value is -1.35. The van der Waals surface area contributed by atoms with Gasteiger partial charge in [-0.3, -0.25) is 4.79 Å². The van der Waals surface area contributed by atoms with E-state index in [9.17, 15) is 9.90 Å². The van der Waals surface area contributed by atoms with Gasteiger partial charge in [-0.15, -0.1) is 0 Å². The summed E-state index contributed by atoms with van der Waals surface area (Å²) in [6.07, 6.45) is 0. The summed E-state index contributed by atoms with van der Waals surface area (Å²) in [5.41, 5.74) is 1.64. The van der Waals surface area contributed by atoms with Crippen molar-refractivity contribution in [3.05, 3.63) is 35.4 Å². The molecule has 1 radical (unpaired) electrons. The maximum atomic E-state index is 10.5. The summed E-state index contributed by atoms with van der Waals surface area (Å²) < 4.78 is 4.78. The van der Waals surface area contributed by atoms with E-state index in [-0.39, 0.29) is 19.2 Å². The van der Waals surface area contributed by atoms with E-state index in [1.165, 1.54) is 6.92 Å². The summed E-state index contributed by atoms with van der Waals surface area (Å²) in [6.45, 7) is 1.42. The summed E-state index contributed by atoms with van der Waals surface area (Å²) in [4.78, 5) is 10.5. The molecule has 3 heteroatoms. The van der Waals surface area contributed by atoms with Crippen LogP contribution in [-0.2, 0) is 27.9 Å². The molecule has 13 heavy (non-hydrogen) atoms. The fourth-order valence-corrected chi connectivity index (χ4v) is 0.917. The molecule has 0 heterocycles. The molecule has 0 aromatic heterocycles. The lowest BCUT2D eigenvalue weighted by Crippen LogP contribution is -1.98. The van der Waals surface area contributed by atoms with Crippen molar-refractivity contribution in [2.75, 3.05) is 0 Å². The van der Waals surface area contributed by atoms with Gasteiger partial charge in [-0.05, 0) is 11.1 Å². The molecule has 0 fully saturated rings. The van der Waals surface area contributed by atoms with Crippen LogP contribution in [0.15, 0.2) is 24.3 Å². The third kappa shape index (κ3) is 3.25. The van der Waals surface area contributed by atoms with Gasteiger partial charge in [0.05, 0.1) is 0 Å². The van der Waals surface area contributed by atoms with Crippen LogP contribution in [0, 0.1) is 0 Å². The second-order valence-electron chi connectivity index (χ2n) is 2.74. The second kappa shape index (κ2) is 4.62. The maximum absolute atomic E-state index is 10.5. The third-order valence-corrected chi connectivity index (χ3v) is 1.63. The van der Waals surface area contributed by atoms with E-state index in [0.29, 0.717) is 0 Å². The first-order chi connectivity index (χ1) is 6.22. The molecule has 0 aliphatic rings. The quantitative estimate of drug-likeness (QED) is 0.662. The molecule has 0 N–H and O–H groups in total. The first-order valence-corrected chi connectivity index (χ1v) is 4.01. The van der Waals surface area contributed by atoms with Crippen molar-refractivity contribution >= 4 is 5.97 Å². The van der Waals surface area contributed by atoms with Gasteiger partial charge in [0, 0.05) is 6.92 Å². The van der Waals surface area contributed by atoms with Crippen LogP contribution >= 0.6 is 0 Å². The number of hydrogen-bond acceptors (Lipinski definition) is 2. The maximum Gasteiger partial charge on any atom is 0.302 e. The Morgan fingerprint density at radius 3 is 2.23 bits per heavy atom. The highest BCUT2D eigenvalue weighted by Gasteiger charge is 1.96. The zero-order valence-corrected chi connectivity index (χ0v) is 7.45. The summed E-state index contributed by atoms with van der Waals surface area (Å²) >= 11 is 0. The molecule has 1 aromatic carbocycles. The van der Waals surface area contributed by atoms with Crippen LogP contribution < -0.4 is 0 Å². The summed E-state index contributed by atoms with van der Waals surface area (Å²) in [5.74, 6) is -0.298. The zero-order chi connectivity index (χ0) is 9.68. The van der Waals surface area contributed by atoms with Crippen molar-refractivity contribution in [2.45, 2.75) is 20.1 Å². The van der Waals surface area contributed by atoms with Gasteiger partial charge in [0.2, 0.25) is 0 Å². The van der Waals surface area contributed by atoms with E-state index in [0.717, 1.165) is 11.1 Å². The normalized spacial score (nSPS) is 9.69. The smallest absolute Gasteiger partial charge is 0.302 e. The third-order valence-electron chi connectivity index (χ3n) is 1.63. The predicted octanol–water partition coefficient (Wildman–Crippen LogP) is 1.68. The fraction of sp³-hybridized carbons (Fsp3) is 0.300. The van der Waals surface area contributed by atoms with Crippen LogP contribution in [0.3, 0.4) is 0 Å². The molecule has 69 valence electrons. The van der Waals surface area contributed by atoms with Crippen LogP contribution in [-0.4, -0.2) is 5.97 Å². The molecule has 1 aromatic rings. The van der Waals surface area contributed by atoms with Crippen molar-refractivity contribution in [3.8, 4) is 0 Å². The van der Waals surface area contributed by atoms with E-state index in [1.807, 2.05) is 0 Å². The number of ether oxygens (including phenoxy) is 1. The standard InChI is InChI=1S/C10H11O3/c1-8(12)13-7-10-4-2-9(6-11)3-5-10/h2-5H,6-7H2,1H3. The number of rotatable bonds is 3. The Labute approximate surface area is 77.0 Å². The molecule has 0 aliphatic carbocycles. The first-order valence-electron chi connectivity index (χ1n) is 4.01. The second-order valence-corrected chi connectivity index (χ2v) is 2.74. The van der Waals surface area contributed by atoms with Crippen LogP contribution in [0.1, 0.15) is 18.1 Å². The van der Waals surface area contributed by atoms with Gasteiger partial charge < -0.3 is 4.74 Å².